The number of para-hydroxylation sites is 1. The number of carbonyl (C=O) groups excluding carboxylic acids is 2. The Morgan fingerprint density at radius 3 is 2.29 bits per heavy atom. The fraction of sp³-hybridized carbons (Fsp3) is 0.440. The van der Waals surface area contributed by atoms with Gasteiger partial charge >= 0.3 is 0 Å². The van der Waals surface area contributed by atoms with E-state index in [4.69, 9.17) is 9.47 Å². The van der Waals surface area contributed by atoms with Crippen molar-refractivity contribution in [1.82, 2.24) is 9.80 Å². The Morgan fingerprint density at radius 1 is 0.857 bits per heavy atom. The lowest BCUT2D eigenvalue weighted by atomic mass is 9.94. The van der Waals surface area contributed by atoms with Crippen LogP contribution in [-0.4, -0.2) is 69.4 Å². The average molecular weight is 500 g/mol. The number of likely N-dealkylation sites (tertiary alicyclic amines) is 2. The molecule has 0 saturated carbocycles. The van der Waals surface area contributed by atoms with Gasteiger partial charge in [0.15, 0.2) is 11.5 Å². The summed E-state index contributed by atoms with van der Waals surface area (Å²) >= 11 is 0. The standard InChI is InChI=1S/C25H29N3O6S/c29-24(27-11-3-4-12-27)18-9-13-28(14-10-18)25(30)20-5-1-2-6-21(20)26-35(31,32)19-7-8-22-23(17-19)34-16-15-33-22/h1-2,5-8,17-18,26H,3-4,9-16H2. The number of anilines is 1. The van der Waals surface area contributed by atoms with Crippen molar-refractivity contribution < 1.29 is 27.5 Å². The molecule has 5 rings (SSSR count). The molecule has 3 aliphatic rings. The third-order valence-electron chi connectivity index (χ3n) is 6.77. The molecule has 2 amide bonds. The second-order valence-corrected chi connectivity index (χ2v) is 10.7. The number of nitrogens with zero attached hydrogens (tertiary/aromatic N) is 2. The van der Waals surface area contributed by atoms with Gasteiger partial charge in [-0.25, -0.2) is 8.42 Å². The average Bonchev–Trinajstić information content (AvgIpc) is 3.43. The molecule has 0 aliphatic carbocycles. The molecule has 2 saturated heterocycles. The number of ether oxygens (including phenoxy) is 2. The second kappa shape index (κ2) is 9.77. The molecule has 9 nitrogen and oxygen atoms in total. The number of piperidine rings is 1. The zero-order valence-electron chi connectivity index (χ0n) is 19.4. The summed E-state index contributed by atoms with van der Waals surface area (Å²) in [5, 5.41) is 0. The minimum Gasteiger partial charge on any atom is -0.486 e. The number of sulfonamides is 1. The number of hydrogen-bond donors (Lipinski definition) is 1. The largest absolute Gasteiger partial charge is 0.486 e. The van der Waals surface area contributed by atoms with Gasteiger partial charge in [0.05, 0.1) is 16.1 Å². The van der Waals surface area contributed by atoms with Crippen LogP contribution < -0.4 is 14.2 Å². The molecule has 35 heavy (non-hydrogen) atoms. The van der Waals surface area contributed by atoms with Crippen LogP contribution in [0.1, 0.15) is 36.0 Å². The summed E-state index contributed by atoms with van der Waals surface area (Å²) in [4.78, 5) is 29.7. The Morgan fingerprint density at radius 2 is 1.54 bits per heavy atom. The maximum atomic E-state index is 13.3. The van der Waals surface area contributed by atoms with Crippen molar-refractivity contribution in [2.75, 3.05) is 44.1 Å². The second-order valence-electron chi connectivity index (χ2n) is 9.06. The third-order valence-corrected chi connectivity index (χ3v) is 8.14. The zero-order chi connectivity index (χ0) is 24.4. The van der Waals surface area contributed by atoms with Crippen molar-refractivity contribution in [2.45, 2.75) is 30.6 Å². The van der Waals surface area contributed by atoms with E-state index >= 15 is 0 Å². The van der Waals surface area contributed by atoms with E-state index in [0.717, 1.165) is 25.9 Å². The summed E-state index contributed by atoms with van der Waals surface area (Å²) in [6, 6.07) is 11.0. The highest BCUT2D eigenvalue weighted by atomic mass is 32.2. The molecule has 2 aromatic carbocycles. The maximum absolute atomic E-state index is 13.3. The molecule has 2 aromatic rings. The van der Waals surface area contributed by atoms with E-state index < -0.39 is 10.0 Å². The Kier molecular flexibility index (Phi) is 6.55. The quantitative estimate of drug-likeness (QED) is 0.678. The van der Waals surface area contributed by atoms with Crippen molar-refractivity contribution in [1.29, 1.82) is 0 Å². The van der Waals surface area contributed by atoms with Gasteiger partial charge < -0.3 is 19.3 Å². The van der Waals surface area contributed by atoms with Crippen LogP contribution in [0.25, 0.3) is 0 Å². The fourth-order valence-corrected chi connectivity index (χ4v) is 5.94. The Hall–Kier alpha value is -3.27. The summed E-state index contributed by atoms with van der Waals surface area (Å²) in [5.41, 5.74) is 0.487. The van der Waals surface area contributed by atoms with Crippen LogP contribution in [0.15, 0.2) is 47.4 Å². The lowest BCUT2D eigenvalue weighted by Gasteiger charge is -2.33. The van der Waals surface area contributed by atoms with Crippen LogP contribution >= 0.6 is 0 Å². The molecule has 2 fully saturated rings. The van der Waals surface area contributed by atoms with E-state index in [1.165, 1.54) is 12.1 Å². The van der Waals surface area contributed by atoms with Gasteiger partial charge in [0, 0.05) is 38.2 Å². The Bertz CT molecular complexity index is 1220. The van der Waals surface area contributed by atoms with Gasteiger partial charge in [0.25, 0.3) is 15.9 Å². The van der Waals surface area contributed by atoms with E-state index in [1.807, 2.05) is 4.90 Å². The molecule has 0 radical (unpaired) electrons. The summed E-state index contributed by atoms with van der Waals surface area (Å²) in [6.07, 6.45) is 3.35. The van der Waals surface area contributed by atoms with Crippen LogP contribution in [0.3, 0.4) is 0 Å². The molecule has 0 unspecified atom stereocenters. The molecular weight excluding hydrogens is 470 g/mol. The normalized spacial score (nSPS) is 18.4. The van der Waals surface area contributed by atoms with Crippen LogP contribution in [0.2, 0.25) is 0 Å². The fourth-order valence-electron chi connectivity index (χ4n) is 4.85. The molecule has 1 N–H and O–H groups in total. The van der Waals surface area contributed by atoms with Gasteiger partial charge in [-0.05, 0) is 49.9 Å². The van der Waals surface area contributed by atoms with Crippen LogP contribution in [0.4, 0.5) is 5.69 Å². The van der Waals surface area contributed by atoms with Crippen molar-refractivity contribution in [3.8, 4) is 11.5 Å². The highest BCUT2D eigenvalue weighted by molar-refractivity contribution is 7.92. The SMILES string of the molecule is O=C(c1ccccc1NS(=O)(=O)c1ccc2c(c1)OCCO2)N1CCC(C(=O)N2CCCC2)CC1. The minimum atomic E-state index is -3.97. The van der Waals surface area contributed by atoms with Gasteiger partial charge in [0.2, 0.25) is 5.91 Å². The highest BCUT2D eigenvalue weighted by Gasteiger charge is 2.32. The first kappa shape index (κ1) is 23.5. The number of hydrogen-bond acceptors (Lipinski definition) is 6. The van der Waals surface area contributed by atoms with Crippen LogP contribution in [0.5, 0.6) is 11.5 Å². The summed E-state index contributed by atoms with van der Waals surface area (Å²) in [5.74, 6) is 0.757. The molecule has 186 valence electrons. The van der Waals surface area contributed by atoms with Crippen LogP contribution in [0, 0.1) is 5.92 Å². The lowest BCUT2D eigenvalue weighted by molar-refractivity contribution is -0.135. The van der Waals surface area contributed by atoms with Gasteiger partial charge in [0.1, 0.15) is 13.2 Å². The highest BCUT2D eigenvalue weighted by Crippen LogP contribution is 2.33. The number of rotatable bonds is 5. The van der Waals surface area contributed by atoms with E-state index in [-0.39, 0.29) is 33.9 Å². The minimum absolute atomic E-state index is 0.0187. The number of amides is 2. The monoisotopic (exact) mass is 499 g/mol. The summed E-state index contributed by atoms with van der Waals surface area (Å²) in [7, 11) is -3.97. The zero-order valence-corrected chi connectivity index (χ0v) is 20.3. The lowest BCUT2D eigenvalue weighted by Crippen LogP contribution is -2.44. The number of carbonyl (C=O) groups is 2. The van der Waals surface area contributed by atoms with E-state index in [2.05, 4.69) is 4.72 Å². The predicted octanol–water partition coefficient (Wildman–Crippen LogP) is 2.73. The molecule has 10 heteroatoms. The number of nitrogens with one attached hydrogen (secondary N) is 1. The summed E-state index contributed by atoms with van der Waals surface area (Å²) in [6.45, 7) is 3.35. The molecule has 3 aliphatic heterocycles. The number of fused-ring (bicyclic) bond motifs is 1. The Labute approximate surface area is 205 Å². The first-order valence-corrected chi connectivity index (χ1v) is 13.5. The topological polar surface area (TPSA) is 105 Å². The van der Waals surface area contributed by atoms with Crippen molar-refractivity contribution in [3.05, 3.63) is 48.0 Å². The van der Waals surface area contributed by atoms with Crippen molar-refractivity contribution in [2.24, 2.45) is 5.92 Å². The maximum Gasteiger partial charge on any atom is 0.262 e. The summed E-state index contributed by atoms with van der Waals surface area (Å²) < 4.78 is 39.7. The molecular formula is C25H29N3O6S. The van der Waals surface area contributed by atoms with Gasteiger partial charge in [-0.2, -0.15) is 0 Å². The third kappa shape index (κ3) is 4.93. The van der Waals surface area contributed by atoms with E-state index in [0.29, 0.717) is 50.6 Å². The van der Waals surface area contributed by atoms with Crippen molar-refractivity contribution >= 4 is 27.5 Å². The number of benzene rings is 2. The first-order valence-electron chi connectivity index (χ1n) is 12.0. The van der Waals surface area contributed by atoms with E-state index in [9.17, 15) is 18.0 Å². The van der Waals surface area contributed by atoms with Crippen molar-refractivity contribution in [3.63, 3.8) is 0 Å². The predicted molar refractivity (Wildman–Crippen MR) is 129 cm³/mol. The molecule has 3 heterocycles. The van der Waals surface area contributed by atoms with Gasteiger partial charge in [-0.15, -0.1) is 0 Å². The Balaban J connectivity index is 1.28. The van der Waals surface area contributed by atoms with E-state index in [1.54, 1.807) is 35.2 Å². The smallest absolute Gasteiger partial charge is 0.262 e. The van der Waals surface area contributed by atoms with Crippen LogP contribution in [-0.2, 0) is 14.8 Å². The first-order chi connectivity index (χ1) is 16.9. The van der Waals surface area contributed by atoms with Gasteiger partial charge in [-0.3, -0.25) is 14.3 Å². The molecule has 0 bridgehead atoms. The molecule has 0 atom stereocenters. The molecule has 0 spiro atoms. The van der Waals surface area contributed by atoms with Gasteiger partial charge in [-0.1, -0.05) is 12.1 Å². The molecule has 0 aromatic heterocycles.